The first-order chi connectivity index (χ1) is 12.2. The third-order valence-corrected chi connectivity index (χ3v) is 7.64. The number of para-hydroxylation sites is 1. The number of anilines is 1. The molecule has 1 N–H and O–H groups in total. The fraction of sp³-hybridized carbons (Fsp3) is 0.429. The zero-order valence-electron chi connectivity index (χ0n) is 15.3. The van der Waals surface area contributed by atoms with Crippen molar-refractivity contribution in [3.8, 4) is 0 Å². The van der Waals surface area contributed by atoms with Gasteiger partial charge in [0.1, 0.15) is 0 Å². The Labute approximate surface area is 155 Å². The number of hydrogen-bond donors (Lipinski definition) is 1. The molecule has 5 heteroatoms. The maximum absolute atomic E-state index is 13.5. The number of hydrogen-bond acceptors (Lipinski definition) is 3. The van der Waals surface area contributed by atoms with E-state index in [0.717, 1.165) is 31.4 Å². The number of rotatable bonds is 3. The third kappa shape index (κ3) is 2.65. The van der Waals surface area contributed by atoms with Crippen LogP contribution in [0.25, 0.3) is 0 Å². The highest BCUT2D eigenvalue weighted by atomic mass is 32.2. The molecule has 138 valence electrons. The van der Waals surface area contributed by atoms with Gasteiger partial charge in [-0.3, -0.25) is 4.31 Å². The van der Waals surface area contributed by atoms with Gasteiger partial charge in [-0.05, 0) is 56.0 Å². The molecule has 0 unspecified atom stereocenters. The van der Waals surface area contributed by atoms with Crippen molar-refractivity contribution >= 4 is 15.7 Å². The van der Waals surface area contributed by atoms with E-state index >= 15 is 0 Å². The molecule has 1 saturated carbocycles. The first kappa shape index (κ1) is 17.6. The molecule has 2 aromatic rings. The van der Waals surface area contributed by atoms with Crippen LogP contribution in [0.2, 0.25) is 0 Å². The highest BCUT2D eigenvalue weighted by molar-refractivity contribution is 7.92. The lowest BCUT2D eigenvalue weighted by atomic mass is 9.81. The van der Waals surface area contributed by atoms with Crippen LogP contribution in [-0.4, -0.2) is 20.1 Å². The molecule has 0 amide bonds. The third-order valence-electron chi connectivity index (χ3n) is 5.88. The summed E-state index contributed by atoms with van der Waals surface area (Å²) in [5.74, 6) is 0. The van der Waals surface area contributed by atoms with E-state index in [4.69, 9.17) is 0 Å². The normalized spacial score (nSPS) is 19.1. The molecule has 1 heterocycles. The minimum absolute atomic E-state index is 0.0441. The second-order valence-electron chi connectivity index (χ2n) is 8.10. The lowest BCUT2D eigenvalue weighted by Gasteiger charge is -2.26. The Balaban J connectivity index is 1.81. The van der Waals surface area contributed by atoms with Crippen LogP contribution in [0.1, 0.15) is 50.7 Å². The topological polar surface area (TPSA) is 57.6 Å². The Morgan fingerprint density at radius 2 is 1.73 bits per heavy atom. The molecule has 0 radical (unpaired) electrons. The first-order valence-electron chi connectivity index (χ1n) is 9.19. The summed E-state index contributed by atoms with van der Waals surface area (Å²) in [6.45, 7) is 3.84. The maximum atomic E-state index is 13.5. The Morgan fingerprint density at radius 1 is 1.04 bits per heavy atom. The summed E-state index contributed by atoms with van der Waals surface area (Å²) in [6.07, 6.45) is 4.38. The molecule has 1 fully saturated rings. The van der Waals surface area contributed by atoms with Gasteiger partial charge in [-0.1, -0.05) is 43.2 Å². The summed E-state index contributed by atoms with van der Waals surface area (Å²) in [7, 11) is -3.68. The molecule has 0 bridgehead atoms. The van der Waals surface area contributed by atoms with Gasteiger partial charge in [0.05, 0.1) is 16.2 Å². The summed E-state index contributed by atoms with van der Waals surface area (Å²) in [5.41, 5.74) is 1.45. The molecule has 1 aliphatic carbocycles. The molecule has 2 aliphatic rings. The number of aliphatic hydroxyl groups is 1. The summed E-state index contributed by atoms with van der Waals surface area (Å²) in [6, 6.07) is 14.6. The molecule has 0 aromatic heterocycles. The van der Waals surface area contributed by atoms with Crippen molar-refractivity contribution in [1.29, 1.82) is 0 Å². The second kappa shape index (κ2) is 5.83. The van der Waals surface area contributed by atoms with Crippen LogP contribution in [-0.2, 0) is 21.0 Å². The van der Waals surface area contributed by atoms with Crippen LogP contribution in [0, 0.1) is 0 Å². The molecule has 2 aromatic carbocycles. The fourth-order valence-corrected chi connectivity index (χ4v) is 6.06. The van der Waals surface area contributed by atoms with Crippen LogP contribution in [0.5, 0.6) is 0 Å². The van der Waals surface area contributed by atoms with Crippen LogP contribution in [0.15, 0.2) is 53.4 Å². The van der Waals surface area contributed by atoms with Gasteiger partial charge in [0, 0.05) is 12.0 Å². The molecular weight excluding hydrogens is 346 g/mol. The van der Waals surface area contributed by atoms with Crippen molar-refractivity contribution in [2.24, 2.45) is 0 Å². The standard InChI is InChI=1S/C21H25NO3S/c1-20(2,23)16-8-7-9-17(14-16)26(24,25)22-15-21(12-5-6-13-21)18-10-3-4-11-19(18)22/h3-4,7-11,14,23H,5-6,12-13,15H2,1-2H3. The summed E-state index contributed by atoms with van der Waals surface area (Å²) < 4.78 is 28.5. The Kier molecular flexibility index (Phi) is 3.93. The number of benzene rings is 2. The smallest absolute Gasteiger partial charge is 0.264 e. The monoisotopic (exact) mass is 371 g/mol. The average molecular weight is 372 g/mol. The van der Waals surface area contributed by atoms with Crippen molar-refractivity contribution < 1.29 is 13.5 Å². The molecular formula is C21H25NO3S. The number of fused-ring (bicyclic) bond motifs is 2. The van der Waals surface area contributed by atoms with Crippen LogP contribution >= 0.6 is 0 Å². The van der Waals surface area contributed by atoms with Crippen molar-refractivity contribution in [2.75, 3.05) is 10.8 Å². The van der Waals surface area contributed by atoms with Gasteiger partial charge in [-0.2, -0.15) is 0 Å². The largest absolute Gasteiger partial charge is 0.386 e. The van der Waals surface area contributed by atoms with Crippen molar-refractivity contribution in [1.82, 2.24) is 0 Å². The number of nitrogens with zero attached hydrogens (tertiary/aromatic N) is 1. The lowest BCUT2D eigenvalue weighted by molar-refractivity contribution is 0.0784. The summed E-state index contributed by atoms with van der Waals surface area (Å²) in [4.78, 5) is 0.238. The molecule has 0 atom stereocenters. The summed E-state index contributed by atoms with van der Waals surface area (Å²) in [5, 5.41) is 10.3. The van der Waals surface area contributed by atoms with E-state index in [9.17, 15) is 13.5 Å². The molecule has 4 rings (SSSR count). The van der Waals surface area contributed by atoms with Gasteiger partial charge >= 0.3 is 0 Å². The van der Waals surface area contributed by atoms with Gasteiger partial charge in [-0.15, -0.1) is 0 Å². The molecule has 0 saturated heterocycles. The predicted molar refractivity (Wildman–Crippen MR) is 103 cm³/mol. The van der Waals surface area contributed by atoms with Crippen LogP contribution in [0.4, 0.5) is 5.69 Å². The van der Waals surface area contributed by atoms with E-state index in [1.807, 2.05) is 18.2 Å². The molecule has 4 nitrogen and oxygen atoms in total. The van der Waals surface area contributed by atoms with Crippen molar-refractivity contribution in [3.63, 3.8) is 0 Å². The highest BCUT2D eigenvalue weighted by Crippen LogP contribution is 2.51. The predicted octanol–water partition coefficient (Wildman–Crippen LogP) is 3.93. The zero-order chi connectivity index (χ0) is 18.6. The van der Waals surface area contributed by atoms with E-state index in [1.54, 1.807) is 42.4 Å². The van der Waals surface area contributed by atoms with Gasteiger partial charge in [0.15, 0.2) is 0 Å². The average Bonchev–Trinajstić information content (AvgIpc) is 3.21. The number of sulfonamides is 1. The quantitative estimate of drug-likeness (QED) is 0.889. The zero-order valence-corrected chi connectivity index (χ0v) is 16.1. The Bertz CT molecular complexity index is 938. The first-order valence-corrected chi connectivity index (χ1v) is 10.6. The van der Waals surface area contributed by atoms with Crippen molar-refractivity contribution in [3.05, 3.63) is 59.7 Å². The van der Waals surface area contributed by atoms with Gasteiger partial charge in [0.2, 0.25) is 0 Å². The molecule has 1 spiro atoms. The van der Waals surface area contributed by atoms with Gasteiger partial charge in [-0.25, -0.2) is 8.42 Å². The Morgan fingerprint density at radius 3 is 2.42 bits per heavy atom. The molecule has 26 heavy (non-hydrogen) atoms. The van der Waals surface area contributed by atoms with E-state index in [0.29, 0.717) is 12.1 Å². The molecule has 1 aliphatic heterocycles. The lowest BCUT2D eigenvalue weighted by Crippen LogP contribution is -2.35. The van der Waals surface area contributed by atoms with E-state index in [-0.39, 0.29) is 10.3 Å². The van der Waals surface area contributed by atoms with Crippen LogP contribution < -0.4 is 4.31 Å². The SMILES string of the molecule is CC(C)(O)c1cccc(S(=O)(=O)N2CC3(CCCC3)c3ccccc32)c1. The van der Waals surface area contributed by atoms with Gasteiger partial charge < -0.3 is 5.11 Å². The van der Waals surface area contributed by atoms with Gasteiger partial charge in [0.25, 0.3) is 10.0 Å². The highest BCUT2D eigenvalue weighted by Gasteiger charge is 2.48. The van der Waals surface area contributed by atoms with E-state index < -0.39 is 15.6 Å². The van der Waals surface area contributed by atoms with E-state index in [1.165, 1.54) is 5.56 Å². The summed E-state index contributed by atoms with van der Waals surface area (Å²) >= 11 is 0. The Hall–Kier alpha value is -1.85. The maximum Gasteiger partial charge on any atom is 0.264 e. The van der Waals surface area contributed by atoms with Crippen LogP contribution in [0.3, 0.4) is 0 Å². The fourth-order valence-electron chi connectivity index (χ4n) is 4.44. The van der Waals surface area contributed by atoms with Crippen molar-refractivity contribution in [2.45, 2.75) is 55.4 Å². The van der Waals surface area contributed by atoms with E-state index in [2.05, 4.69) is 6.07 Å². The minimum atomic E-state index is -3.68. The minimum Gasteiger partial charge on any atom is -0.386 e. The second-order valence-corrected chi connectivity index (χ2v) is 9.97.